The number of carboxylic acid groups (broad SMARTS) is 1. The van der Waals surface area contributed by atoms with Crippen LogP contribution in [0.5, 0.6) is 0 Å². The van der Waals surface area contributed by atoms with Crippen LogP contribution in [0.4, 0.5) is 0 Å². The Kier molecular flexibility index (Phi) is 6.16. The molecule has 0 unspecified atom stereocenters. The molecule has 3 atom stereocenters. The topological polar surface area (TPSA) is 102 Å². The van der Waals surface area contributed by atoms with Gasteiger partial charge in [-0.25, -0.2) is 4.79 Å². The third kappa shape index (κ3) is 4.31. The molecule has 0 radical (unpaired) electrons. The van der Waals surface area contributed by atoms with E-state index in [0.29, 0.717) is 0 Å². The average molecular weight is 284 g/mol. The normalized spacial score (nSPS) is 26.2. The van der Waals surface area contributed by atoms with Gasteiger partial charge in [-0.15, -0.1) is 0 Å². The second-order valence-corrected chi connectivity index (χ2v) is 5.13. The molecule has 0 aromatic carbocycles. The van der Waals surface area contributed by atoms with E-state index in [-0.39, 0.29) is 24.0 Å². The SMILES string of the molecule is CCC(CC)O[C@H]1C=C(C(=O)O)C[C@@H](N)[C@H]1NC(C)=O. The molecule has 1 aliphatic rings. The number of aliphatic carboxylic acids is 1. The van der Waals surface area contributed by atoms with Gasteiger partial charge in [0, 0.05) is 18.5 Å². The van der Waals surface area contributed by atoms with Crippen molar-refractivity contribution in [3.8, 4) is 0 Å². The molecule has 0 bridgehead atoms. The minimum atomic E-state index is -0.986. The molecule has 0 aliphatic heterocycles. The van der Waals surface area contributed by atoms with E-state index in [2.05, 4.69) is 5.32 Å². The molecule has 114 valence electrons. The highest BCUT2D eigenvalue weighted by Gasteiger charge is 2.35. The Bertz CT molecular complexity index is 391. The van der Waals surface area contributed by atoms with E-state index < -0.39 is 24.2 Å². The summed E-state index contributed by atoms with van der Waals surface area (Å²) >= 11 is 0. The molecule has 20 heavy (non-hydrogen) atoms. The van der Waals surface area contributed by atoms with Crippen molar-refractivity contribution in [3.63, 3.8) is 0 Å². The fourth-order valence-electron chi connectivity index (χ4n) is 2.40. The average Bonchev–Trinajstić information content (AvgIpc) is 2.38. The van der Waals surface area contributed by atoms with Gasteiger partial charge in [-0.3, -0.25) is 4.79 Å². The fourth-order valence-corrected chi connectivity index (χ4v) is 2.40. The molecule has 1 amide bonds. The van der Waals surface area contributed by atoms with Gasteiger partial charge in [0.2, 0.25) is 5.91 Å². The number of nitrogens with two attached hydrogens (primary N) is 1. The number of nitrogens with one attached hydrogen (secondary N) is 1. The highest BCUT2D eigenvalue weighted by Crippen LogP contribution is 2.23. The van der Waals surface area contributed by atoms with E-state index in [4.69, 9.17) is 15.6 Å². The van der Waals surface area contributed by atoms with Crippen LogP contribution in [0.3, 0.4) is 0 Å². The summed E-state index contributed by atoms with van der Waals surface area (Å²) in [6.45, 7) is 5.43. The van der Waals surface area contributed by atoms with E-state index in [1.54, 1.807) is 6.08 Å². The fraction of sp³-hybridized carbons (Fsp3) is 0.714. The van der Waals surface area contributed by atoms with Crippen molar-refractivity contribution in [2.75, 3.05) is 0 Å². The van der Waals surface area contributed by atoms with Crippen molar-refractivity contribution in [2.24, 2.45) is 5.73 Å². The van der Waals surface area contributed by atoms with Crippen molar-refractivity contribution < 1.29 is 19.4 Å². The van der Waals surface area contributed by atoms with Crippen molar-refractivity contribution in [2.45, 2.75) is 64.3 Å². The zero-order valence-corrected chi connectivity index (χ0v) is 12.3. The van der Waals surface area contributed by atoms with Crippen molar-refractivity contribution >= 4 is 11.9 Å². The molecule has 0 aromatic rings. The first kappa shape index (κ1) is 16.7. The lowest BCUT2D eigenvalue weighted by atomic mass is 9.88. The first-order chi connectivity index (χ1) is 9.38. The van der Waals surface area contributed by atoms with Crippen LogP contribution in [0.15, 0.2) is 11.6 Å². The summed E-state index contributed by atoms with van der Waals surface area (Å²) in [5.41, 5.74) is 6.25. The van der Waals surface area contributed by atoms with Crippen molar-refractivity contribution in [1.82, 2.24) is 5.32 Å². The molecular weight excluding hydrogens is 260 g/mol. The zero-order chi connectivity index (χ0) is 15.3. The van der Waals surface area contributed by atoms with E-state index >= 15 is 0 Å². The summed E-state index contributed by atoms with van der Waals surface area (Å²) in [5, 5.41) is 11.9. The summed E-state index contributed by atoms with van der Waals surface area (Å²) < 4.78 is 5.92. The minimum absolute atomic E-state index is 0.0212. The van der Waals surface area contributed by atoms with E-state index in [9.17, 15) is 9.59 Å². The van der Waals surface area contributed by atoms with Crippen LogP contribution >= 0.6 is 0 Å². The van der Waals surface area contributed by atoms with Gasteiger partial charge in [0.25, 0.3) is 0 Å². The van der Waals surface area contributed by atoms with Crippen LogP contribution in [-0.4, -0.2) is 41.3 Å². The maximum absolute atomic E-state index is 11.3. The molecule has 6 heteroatoms. The second kappa shape index (κ2) is 7.40. The molecular formula is C14H24N2O4. The third-order valence-corrected chi connectivity index (χ3v) is 3.54. The molecule has 4 N–H and O–H groups in total. The number of hydrogen-bond acceptors (Lipinski definition) is 4. The Morgan fingerprint density at radius 2 is 2.10 bits per heavy atom. The van der Waals surface area contributed by atoms with Gasteiger partial charge >= 0.3 is 5.97 Å². The number of carbonyl (C=O) groups excluding carboxylic acids is 1. The van der Waals surface area contributed by atoms with Gasteiger partial charge in [-0.2, -0.15) is 0 Å². The Morgan fingerprint density at radius 3 is 2.55 bits per heavy atom. The number of carboxylic acids is 1. The molecule has 0 saturated carbocycles. The number of rotatable bonds is 6. The summed E-state index contributed by atoms with van der Waals surface area (Å²) in [6.07, 6.45) is 2.97. The van der Waals surface area contributed by atoms with Crippen molar-refractivity contribution in [3.05, 3.63) is 11.6 Å². The monoisotopic (exact) mass is 284 g/mol. The molecule has 1 aliphatic carbocycles. The lowest BCUT2D eigenvalue weighted by molar-refractivity contribution is -0.133. The van der Waals surface area contributed by atoms with E-state index in [1.165, 1.54) is 6.92 Å². The second-order valence-electron chi connectivity index (χ2n) is 5.13. The van der Waals surface area contributed by atoms with Gasteiger partial charge in [-0.1, -0.05) is 13.8 Å². The third-order valence-electron chi connectivity index (χ3n) is 3.54. The lowest BCUT2D eigenvalue weighted by Gasteiger charge is -2.36. The first-order valence-corrected chi connectivity index (χ1v) is 7.01. The molecule has 0 saturated heterocycles. The molecule has 6 nitrogen and oxygen atoms in total. The lowest BCUT2D eigenvalue weighted by Crippen LogP contribution is -2.57. The Hall–Kier alpha value is -1.40. The maximum Gasteiger partial charge on any atom is 0.331 e. The Balaban J connectivity index is 2.96. The highest BCUT2D eigenvalue weighted by atomic mass is 16.5. The zero-order valence-electron chi connectivity index (χ0n) is 12.3. The summed E-state index contributed by atoms with van der Waals surface area (Å²) in [5.74, 6) is -1.18. The maximum atomic E-state index is 11.3. The van der Waals surface area contributed by atoms with Crippen molar-refractivity contribution in [1.29, 1.82) is 0 Å². The molecule has 0 aromatic heterocycles. The van der Waals surface area contributed by atoms with Crippen LogP contribution in [0, 0.1) is 0 Å². The summed E-state index contributed by atoms with van der Waals surface area (Å²) in [4.78, 5) is 22.4. The Labute approximate surface area is 119 Å². The number of hydrogen-bond donors (Lipinski definition) is 3. The molecule has 0 fully saturated rings. The van der Waals surface area contributed by atoms with E-state index in [0.717, 1.165) is 12.8 Å². The molecule has 1 rings (SSSR count). The molecule has 0 spiro atoms. The van der Waals surface area contributed by atoms with Crippen LogP contribution in [0.25, 0.3) is 0 Å². The van der Waals surface area contributed by atoms with Gasteiger partial charge in [0.05, 0.1) is 18.2 Å². The van der Waals surface area contributed by atoms with Crippen LogP contribution in [0.1, 0.15) is 40.0 Å². The smallest absolute Gasteiger partial charge is 0.331 e. The van der Waals surface area contributed by atoms with Crippen LogP contribution in [-0.2, 0) is 14.3 Å². The predicted octanol–water partition coefficient (Wildman–Crippen LogP) is 0.807. The summed E-state index contributed by atoms with van der Waals surface area (Å²) in [6, 6.07) is -0.856. The first-order valence-electron chi connectivity index (χ1n) is 7.01. The van der Waals surface area contributed by atoms with E-state index in [1.807, 2.05) is 13.8 Å². The Morgan fingerprint density at radius 1 is 1.50 bits per heavy atom. The summed E-state index contributed by atoms with van der Waals surface area (Å²) in [7, 11) is 0. The van der Waals surface area contributed by atoms with Gasteiger partial charge in [0.15, 0.2) is 0 Å². The number of carbonyl (C=O) groups is 2. The number of ether oxygens (including phenoxy) is 1. The molecule has 0 heterocycles. The quantitative estimate of drug-likeness (QED) is 0.670. The number of amides is 1. The van der Waals surface area contributed by atoms with Gasteiger partial charge < -0.3 is 20.9 Å². The minimum Gasteiger partial charge on any atom is -0.478 e. The standard InChI is InChI=1S/C14H24N2O4/c1-4-10(5-2)20-12-7-9(14(18)19)6-11(15)13(12)16-8(3)17/h7,10-13H,4-6,15H2,1-3H3,(H,16,17)(H,18,19)/t11-,12+,13-/m1/s1. The van der Waals surface area contributed by atoms with Crippen LogP contribution < -0.4 is 11.1 Å². The van der Waals surface area contributed by atoms with Gasteiger partial charge in [-0.05, 0) is 25.3 Å². The van der Waals surface area contributed by atoms with Crippen LogP contribution in [0.2, 0.25) is 0 Å². The predicted molar refractivity (Wildman–Crippen MR) is 75.2 cm³/mol. The van der Waals surface area contributed by atoms with Gasteiger partial charge in [0.1, 0.15) is 0 Å². The largest absolute Gasteiger partial charge is 0.478 e. The highest BCUT2D eigenvalue weighted by molar-refractivity contribution is 5.87.